The number of fused-ring (bicyclic) bond motifs is 1. The first-order chi connectivity index (χ1) is 13.4. The number of alkyl carbamates (subject to hydrolysis) is 1. The molecule has 1 aromatic carbocycles. The second-order valence-electron chi connectivity index (χ2n) is 6.14. The SMILES string of the molecule is CCOC(=O)NCCNC(=O)CCCCCN=C1NS(=O)(=O)c2ccccc21. The summed E-state index contributed by atoms with van der Waals surface area (Å²) in [7, 11) is -3.50. The van der Waals surface area contributed by atoms with Crippen molar-refractivity contribution in [1.29, 1.82) is 0 Å². The average Bonchev–Trinajstić information content (AvgIpc) is 2.93. The molecule has 1 aromatic rings. The number of amides is 2. The van der Waals surface area contributed by atoms with Gasteiger partial charge in [0, 0.05) is 31.6 Å². The van der Waals surface area contributed by atoms with Gasteiger partial charge in [-0.1, -0.05) is 18.6 Å². The minimum atomic E-state index is -3.50. The van der Waals surface area contributed by atoms with Crippen molar-refractivity contribution in [1.82, 2.24) is 15.4 Å². The number of sulfonamides is 1. The zero-order valence-corrected chi connectivity index (χ0v) is 16.7. The molecule has 1 aliphatic rings. The molecule has 154 valence electrons. The van der Waals surface area contributed by atoms with Gasteiger partial charge in [0.25, 0.3) is 10.0 Å². The number of ether oxygens (including phenoxy) is 1. The van der Waals surface area contributed by atoms with Gasteiger partial charge in [-0.2, -0.15) is 0 Å². The number of unbranched alkanes of at least 4 members (excludes halogenated alkanes) is 2. The van der Waals surface area contributed by atoms with Crippen LogP contribution < -0.4 is 15.4 Å². The molecule has 3 N–H and O–H groups in total. The Morgan fingerprint density at radius 2 is 1.86 bits per heavy atom. The molecule has 0 atom stereocenters. The molecule has 0 saturated heterocycles. The average molecular weight is 410 g/mol. The van der Waals surface area contributed by atoms with Gasteiger partial charge >= 0.3 is 6.09 Å². The molecular weight excluding hydrogens is 384 g/mol. The Hall–Kier alpha value is -2.62. The zero-order chi connectivity index (χ0) is 20.4. The highest BCUT2D eigenvalue weighted by Gasteiger charge is 2.29. The quantitative estimate of drug-likeness (QED) is 0.499. The molecule has 0 radical (unpaired) electrons. The maximum absolute atomic E-state index is 12.0. The van der Waals surface area contributed by atoms with Gasteiger partial charge in [-0.05, 0) is 31.9 Å². The Labute approximate surface area is 165 Å². The van der Waals surface area contributed by atoms with Crippen molar-refractivity contribution < 1.29 is 22.7 Å². The van der Waals surface area contributed by atoms with Crippen molar-refractivity contribution in [2.45, 2.75) is 37.5 Å². The van der Waals surface area contributed by atoms with Crippen LogP contribution >= 0.6 is 0 Å². The Balaban J connectivity index is 1.59. The van der Waals surface area contributed by atoms with Crippen molar-refractivity contribution in [3.05, 3.63) is 29.8 Å². The molecule has 0 bridgehead atoms. The van der Waals surface area contributed by atoms with Crippen LogP contribution in [0.4, 0.5) is 4.79 Å². The molecule has 10 heteroatoms. The molecule has 0 spiro atoms. The Morgan fingerprint density at radius 3 is 2.64 bits per heavy atom. The van der Waals surface area contributed by atoms with Crippen LogP contribution in [0.5, 0.6) is 0 Å². The molecule has 1 aliphatic heterocycles. The van der Waals surface area contributed by atoms with Crippen LogP contribution in [0.25, 0.3) is 0 Å². The maximum atomic E-state index is 12.0. The number of benzene rings is 1. The predicted octanol–water partition coefficient (Wildman–Crippen LogP) is 1.15. The smallest absolute Gasteiger partial charge is 0.407 e. The normalized spacial score (nSPS) is 15.5. The molecule has 0 fully saturated rings. The molecule has 0 unspecified atom stereocenters. The Bertz CT molecular complexity index is 823. The Morgan fingerprint density at radius 1 is 1.11 bits per heavy atom. The lowest BCUT2D eigenvalue weighted by molar-refractivity contribution is -0.121. The van der Waals surface area contributed by atoms with Crippen LogP contribution in [0, 0.1) is 0 Å². The molecule has 0 aromatic heterocycles. The molecule has 2 rings (SSSR count). The Kier molecular flexibility index (Phi) is 8.24. The lowest BCUT2D eigenvalue weighted by Crippen LogP contribution is -2.34. The van der Waals surface area contributed by atoms with Gasteiger partial charge in [0.2, 0.25) is 5.91 Å². The topological polar surface area (TPSA) is 126 Å². The van der Waals surface area contributed by atoms with E-state index in [1.165, 1.54) is 0 Å². The standard InChI is InChI=1S/C18H26N4O5S/c1-2-27-18(24)21-13-12-19-16(23)10-4-3-7-11-20-17-14-8-5-6-9-15(14)28(25,26)22-17/h5-6,8-9H,2-4,7,10-13H2,1H3,(H,19,23)(H,20,22)(H,21,24). The van der Waals surface area contributed by atoms with Gasteiger partial charge in [0.15, 0.2) is 0 Å². The number of hydrogen-bond donors (Lipinski definition) is 3. The van der Waals surface area contributed by atoms with Gasteiger partial charge < -0.3 is 15.4 Å². The molecule has 28 heavy (non-hydrogen) atoms. The summed E-state index contributed by atoms with van der Waals surface area (Å²) in [5, 5.41) is 5.25. The first kappa shape index (κ1) is 21.7. The summed E-state index contributed by atoms with van der Waals surface area (Å²) in [6, 6.07) is 6.74. The van der Waals surface area contributed by atoms with Crippen LogP contribution in [-0.2, 0) is 19.6 Å². The lowest BCUT2D eigenvalue weighted by atomic mass is 10.2. The molecular formula is C18H26N4O5S. The number of carbonyl (C=O) groups excluding carboxylic acids is 2. The van der Waals surface area contributed by atoms with E-state index in [9.17, 15) is 18.0 Å². The number of nitrogens with zero attached hydrogens (tertiary/aromatic N) is 1. The molecule has 9 nitrogen and oxygen atoms in total. The van der Waals surface area contributed by atoms with E-state index in [4.69, 9.17) is 4.74 Å². The predicted molar refractivity (Wildman–Crippen MR) is 105 cm³/mol. The summed E-state index contributed by atoms with van der Waals surface area (Å²) < 4.78 is 31.1. The van der Waals surface area contributed by atoms with Crippen LogP contribution in [0.2, 0.25) is 0 Å². The fourth-order valence-corrected chi connectivity index (χ4v) is 3.90. The van der Waals surface area contributed by atoms with E-state index in [0.29, 0.717) is 50.5 Å². The summed E-state index contributed by atoms with van der Waals surface area (Å²) in [4.78, 5) is 27.4. The van der Waals surface area contributed by atoms with Gasteiger partial charge in [-0.25, -0.2) is 13.2 Å². The number of nitrogens with one attached hydrogen (secondary N) is 3. The van der Waals surface area contributed by atoms with Crippen molar-refractivity contribution in [3.63, 3.8) is 0 Å². The fourth-order valence-electron chi connectivity index (χ4n) is 2.65. The third-order valence-electron chi connectivity index (χ3n) is 3.99. The van der Waals surface area contributed by atoms with Crippen molar-refractivity contribution in [2.24, 2.45) is 4.99 Å². The van der Waals surface area contributed by atoms with Crippen LogP contribution in [0.15, 0.2) is 34.2 Å². The zero-order valence-electron chi connectivity index (χ0n) is 15.9. The van der Waals surface area contributed by atoms with Crippen LogP contribution in [0.3, 0.4) is 0 Å². The third-order valence-corrected chi connectivity index (χ3v) is 5.38. The molecule has 2 amide bonds. The highest BCUT2D eigenvalue weighted by Crippen LogP contribution is 2.22. The van der Waals surface area contributed by atoms with Crippen molar-refractivity contribution >= 4 is 27.9 Å². The molecule has 1 heterocycles. The van der Waals surface area contributed by atoms with Gasteiger partial charge in [0.1, 0.15) is 5.84 Å². The highest BCUT2D eigenvalue weighted by atomic mass is 32.2. The first-order valence-electron chi connectivity index (χ1n) is 9.28. The van der Waals surface area contributed by atoms with E-state index >= 15 is 0 Å². The minimum Gasteiger partial charge on any atom is -0.450 e. The summed E-state index contributed by atoms with van der Waals surface area (Å²) >= 11 is 0. The van der Waals surface area contributed by atoms with E-state index in [2.05, 4.69) is 20.3 Å². The van der Waals surface area contributed by atoms with E-state index in [1.54, 1.807) is 31.2 Å². The number of amidine groups is 1. The van der Waals surface area contributed by atoms with E-state index < -0.39 is 16.1 Å². The summed E-state index contributed by atoms with van der Waals surface area (Å²) in [5.41, 5.74) is 0.596. The lowest BCUT2D eigenvalue weighted by Gasteiger charge is -2.07. The second-order valence-corrected chi connectivity index (χ2v) is 7.79. The van der Waals surface area contributed by atoms with Gasteiger partial charge in [-0.15, -0.1) is 0 Å². The van der Waals surface area contributed by atoms with Crippen LogP contribution in [-0.4, -0.2) is 52.5 Å². The molecule has 0 aliphatic carbocycles. The van der Waals surface area contributed by atoms with E-state index in [-0.39, 0.29) is 10.8 Å². The molecule has 0 saturated carbocycles. The number of rotatable bonds is 10. The summed E-state index contributed by atoms with van der Waals surface area (Å²) in [6.45, 7) is 3.18. The van der Waals surface area contributed by atoms with Gasteiger partial charge in [-0.3, -0.25) is 14.5 Å². The largest absolute Gasteiger partial charge is 0.450 e. The number of aliphatic imine (C=N–C) groups is 1. The summed E-state index contributed by atoms with van der Waals surface area (Å²) in [6.07, 6.45) is 2.17. The fraction of sp³-hybridized carbons (Fsp3) is 0.500. The van der Waals surface area contributed by atoms with E-state index in [1.807, 2.05) is 0 Å². The number of hydrogen-bond acceptors (Lipinski definition) is 6. The third kappa shape index (κ3) is 6.52. The van der Waals surface area contributed by atoms with E-state index in [0.717, 1.165) is 12.8 Å². The first-order valence-corrected chi connectivity index (χ1v) is 10.8. The summed E-state index contributed by atoms with van der Waals surface area (Å²) in [5.74, 6) is 0.303. The van der Waals surface area contributed by atoms with Crippen molar-refractivity contribution in [3.8, 4) is 0 Å². The second kappa shape index (κ2) is 10.6. The van der Waals surface area contributed by atoms with Gasteiger partial charge in [0.05, 0.1) is 11.5 Å². The van der Waals surface area contributed by atoms with Crippen molar-refractivity contribution in [2.75, 3.05) is 26.2 Å². The minimum absolute atomic E-state index is 0.0746. The maximum Gasteiger partial charge on any atom is 0.407 e. The number of carbonyl (C=O) groups is 2. The highest BCUT2D eigenvalue weighted by molar-refractivity contribution is 7.90. The monoisotopic (exact) mass is 410 g/mol. The van der Waals surface area contributed by atoms with Crippen LogP contribution in [0.1, 0.15) is 38.2 Å².